The average Bonchev–Trinajstić information content (AvgIpc) is 2.47. The summed E-state index contributed by atoms with van der Waals surface area (Å²) in [7, 11) is 0. The molecule has 90 valence electrons. The number of aromatic nitrogens is 1. The minimum Gasteiger partial charge on any atom is -0.305 e. The normalized spacial score (nSPS) is 9.16. The van der Waals surface area contributed by atoms with E-state index in [-0.39, 0.29) is 11.4 Å². The van der Waals surface area contributed by atoms with Crippen molar-refractivity contribution in [1.29, 1.82) is 10.5 Å². The highest BCUT2D eigenvalue weighted by atomic mass is 16.1. The summed E-state index contributed by atoms with van der Waals surface area (Å²) in [6, 6.07) is 13.4. The summed E-state index contributed by atoms with van der Waals surface area (Å²) >= 11 is 0. The van der Waals surface area contributed by atoms with Crippen molar-refractivity contribution in [2.45, 2.75) is 0 Å². The molecule has 1 aromatic carbocycles. The molecule has 1 aromatic heterocycles. The van der Waals surface area contributed by atoms with Gasteiger partial charge < -0.3 is 5.32 Å². The summed E-state index contributed by atoms with van der Waals surface area (Å²) < 4.78 is 0. The van der Waals surface area contributed by atoms with Gasteiger partial charge in [-0.25, -0.2) is 4.98 Å². The van der Waals surface area contributed by atoms with Gasteiger partial charge in [0.15, 0.2) is 5.82 Å². The number of carbonyl (C=O) groups is 1. The predicted molar refractivity (Wildman–Crippen MR) is 68.1 cm³/mol. The predicted octanol–water partition coefficient (Wildman–Crippen LogP) is 2.08. The van der Waals surface area contributed by atoms with E-state index in [9.17, 15) is 4.79 Å². The Bertz CT molecular complexity index is 710. The number of amides is 1. The standard InChI is InChI=1S/C14H8N4O/c15-8-10-3-1-4-11(7-10)14(19)18-13-12(9-16)5-2-6-17-13/h1-7H,(H,17,18,19). The Morgan fingerprint density at radius 2 is 2.00 bits per heavy atom. The minimum absolute atomic E-state index is 0.206. The molecule has 0 spiro atoms. The molecule has 0 fully saturated rings. The van der Waals surface area contributed by atoms with Crippen LogP contribution < -0.4 is 5.32 Å². The summed E-state index contributed by atoms with van der Waals surface area (Å²) in [6.07, 6.45) is 1.49. The number of pyridine rings is 1. The molecule has 0 aliphatic heterocycles. The lowest BCUT2D eigenvalue weighted by molar-refractivity contribution is 0.102. The van der Waals surface area contributed by atoms with Crippen molar-refractivity contribution < 1.29 is 4.79 Å². The largest absolute Gasteiger partial charge is 0.305 e. The Labute approximate surface area is 109 Å². The maximum Gasteiger partial charge on any atom is 0.256 e. The van der Waals surface area contributed by atoms with Crippen LogP contribution in [-0.2, 0) is 0 Å². The Morgan fingerprint density at radius 1 is 1.16 bits per heavy atom. The Kier molecular flexibility index (Phi) is 3.51. The third kappa shape index (κ3) is 2.74. The molecule has 0 saturated carbocycles. The maximum absolute atomic E-state index is 12.0. The van der Waals surface area contributed by atoms with E-state index in [1.807, 2.05) is 12.1 Å². The smallest absolute Gasteiger partial charge is 0.256 e. The van der Waals surface area contributed by atoms with E-state index in [0.29, 0.717) is 11.1 Å². The van der Waals surface area contributed by atoms with Gasteiger partial charge >= 0.3 is 0 Å². The van der Waals surface area contributed by atoms with Crippen LogP contribution in [0.15, 0.2) is 42.6 Å². The Hall–Kier alpha value is -3.18. The second-order valence-corrected chi connectivity index (χ2v) is 3.66. The summed E-state index contributed by atoms with van der Waals surface area (Å²) in [5, 5.41) is 20.2. The van der Waals surface area contributed by atoms with Gasteiger partial charge in [-0.15, -0.1) is 0 Å². The zero-order valence-corrected chi connectivity index (χ0v) is 9.79. The third-order valence-corrected chi connectivity index (χ3v) is 2.41. The first-order valence-corrected chi connectivity index (χ1v) is 5.41. The molecule has 2 aromatic rings. The first-order valence-electron chi connectivity index (χ1n) is 5.41. The monoisotopic (exact) mass is 248 g/mol. The number of nitrogens with one attached hydrogen (secondary N) is 1. The van der Waals surface area contributed by atoms with Gasteiger partial charge in [-0.2, -0.15) is 10.5 Å². The molecule has 2 rings (SSSR count). The second-order valence-electron chi connectivity index (χ2n) is 3.66. The van der Waals surface area contributed by atoms with E-state index in [4.69, 9.17) is 10.5 Å². The van der Waals surface area contributed by atoms with E-state index >= 15 is 0 Å². The molecule has 19 heavy (non-hydrogen) atoms. The molecule has 0 aliphatic carbocycles. The van der Waals surface area contributed by atoms with Crippen molar-refractivity contribution in [3.8, 4) is 12.1 Å². The van der Waals surface area contributed by atoms with Crippen LogP contribution in [0.4, 0.5) is 5.82 Å². The number of benzene rings is 1. The van der Waals surface area contributed by atoms with Gasteiger partial charge in [-0.1, -0.05) is 6.07 Å². The van der Waals surface area contributed by atoms with E-state index in [1.54, 1.807) is 30.3 Å². The Morgan fingerprint density at radius 3 is 2.74 bits per heavy atom. The quantitative estimate of drug-likeness (QED) is 0.880. The number of rotatable bonds is 2. The first-order chi connectivity index (χ1) is 9.24. The lowest BCUT2D eigenvalue weighted by Crippen LogP contribution is -2.14. The zero-order chi connectivity index (χ0) is 13.7. The maximum atomic E-state index is 12.0. The molecule has 5 nitrogen and oxygen atoms in total. The fourth-order valence-corrected chi connectivity index (χ4v) is 1.50. The van der Waals surface area contributed by atoms with Crippen molar-refractivity contribution in [2.24, 2.45) is 0 Å². The van der Waals surface area contributed by atoms with Crippen LogP contribution in [0.3, 0.4) is 0 Å². The van der Waals surface area contributed by atoms with E-state index in [0.717, 1.165) is 0 Å². The van der Waals surface area contributed by atoms with E-state index < -0.39 is 5.91 Å². The van der Waals surface area contributed by atoms with Crippen LogP contribution in [0, 0.1) is 22.7 Å². The number of hydrogen-bond donors (Lipinski definition) is 1. The fraction of sp³-hybridized carbons (Fsp3) is 0. The van der Waals surface area contributed by atoms with Crippen LogP contribution in [-0.4, -0.2) is 10.9 Å². The highest BCUT2D eigenvalue weighted by Gasteiger charge is 2.10. The number of nitrogens with zero attached hydrogens (tertiary/aromatic N) is 3. The lowest BCUT2D eigenvalue weighted by atomic mass is 10.1. The second kappa shape index (κ2) is 5.44. The van der Waals surface area contributed by atoms with Crippen LogP contribution in [0.5, 0.6) is 0 Å². The number of hydrogen-bond acceptors (Lipinski definition) is 4. The molecule has 1 N–H and O–H groups in total. The van der Waals surface area contributed by atoms with E-state index in [1.165, 1.54) is 12.3 Å². The van der Waals surface area contributed by atoms with Crippen molar-refractivity contribution in [3.05, 3.63) is 59.3 Å². The molecule has 0 atom stereocenters. The molecule has 0 unspecified atom stereocenters. The zero-order valence-electron chi connectivity index (χ0n) is 9.79. The van der Waals surface area contributed by atoms with Gasteiger partial charge in [0.1, 0.15) is 6.07 Å². The van der Waals surface area contributed by atoms with Gasteiger partial charge in [-0.05, 0) is 30.3 Å². The summed E-state index contributed by atoms with van der Waals surface area (Å²) in [6.45, 7) is 0. The number of carbonyl (C=O) groups excluding carboxylic acids is 1. The van der Waals surface area contributed by atoms with Crippen LogP contribution in [0.2, 0.25) is 0 Å². The number of anilines is 1. The van der Waals surface area contributed by atoms with Crippen molar-refractivity contribution in [2.75, 3.05) is 5.32 Å². The molecule has 1 amide bonds. The SMILES string of the molecule is N#Cc1cccc(C(=O)Nc2ncccc2C#N)c1. The van der Waals surface area contributed by atoms with Gasteiger partial charge in [0.05, 0.1) is 17.2 Å². The molecular formula is C14H8N4O. The topological polar surface area (TPSA) is 89.6 Å². The summed E-state index contributed by atoms with van der Waals surface area (Å²) in [4.78, 5) is 15.9. The average molecular weight is 248 g/mol. The molecule has 0 radical (unpaired) electrons. The van der Waals surface area contributed by atoms with Gasteiger partial charge in [0.25, 0.3) is 5.91 Å². The first kappa shape index (κ1) is 12.3. The van der Waals surface area contributed by atoms with Crippen molar-refractivity contribution in [1.82, 2.24) is 4.98 Å². The molecular weight excluding hydrogens is 240 g/mol. The molecule has 0 bridgehead atoms. The highest BCUT2D eigenvalue weighted by Crippen LogP contribution is 2.12. The van der Waals surface area contributed by atoms with Crippen molar-refractivity contribution >= 4 is 11.7 Å². The van der Waals surface area contributed by atoms with Crippen LogP contribution in [0.1, 0.15) is 21.5 Å². The molecule has 5 heteroatoms. The fourth-order valence-electron chi connectivity index (χ4n) is 1.50. The lowest BCUT2D eigenvalue weighted by Gasteiger charge is -2.05. The van der Waals surface area contributed by atoms with Crippen molar-refractivity contribution in [3.63, 3.8) is 0 Å². The molecule has 0 saturated heterocycles. The van der Waals surface area contributed by atoms with Crippen LogP contribution >= 0.6 is 0 Å². The molecule has 1 heterocycles. The Balaban J connectivity index is 2.27. The minimum atomic E-state index is -0.410. The summed E-state index contributed by atoms with van der Waals surface area (Å²) in [5.74, 6) is -0.204. The molecule has 0 aliphatic rings. The van der Waals surface area contributed by atoms with Gasteiger partial charge in [0, 0.05) is 11.8 Å². The third-order valence-electron chi connectivity index (χ3n) is 2.41. The summed E-state index contributed by atoms with van der Waals surface area (Å²) in [5.41, 5.74) is 1.02. The highest BCUT2D eigenvalue weighted by molar-refractivity contribution is 6.04. The van der Waals surface area contributed by atoms with E-state index in [2.05, 4.69) is 10.3 Å². The van der Waals surface area contributed by atoms with Gasteiger partial charge in [0.2, 0.25) is 0 Å². The van der Waals surface area contributed by atoms with Crippen LogP contribution in [0.25, 0.3) is 0 Å². The number of nitriles is 2. The van der Waals surface area contributed by atoms with Gasteiger partial charge in [-0.3, -0.25) is 4.79 Å².